The van der Waals surface area contributed by atoms with Crippen molar-refractivity contribution >= 4 is 15.4 Å². The topological polar surface area (TPSA) is 9.23 Å². The minimum Gasteiger partial charge on any atom is -0.497 e. The van der Waals surface area contributed by atoms with Crippen LogP contribution in [0.5, 0.6) is 5.75 Å². The maximum atomic E-state index is 5.13. The summed E-state index contributed by atoms with van der Waals surface area (Å²) < 4.78 is 5.13. The lowest BCUT2D eigenvalue weighted by molar-refractivity contribution is 0.414. The molecule has 1 aromatic carbocycles. The van der Waals surface area contributed by atoms with Crippen LogP contribution < -0.4 is 9.92 Å². The van der Waals surface area contributed by atoms with Gasteiger partial charge in [-0.05, 0) is 24.1 Å². The van der Waals surface area contributed by atoms with Gasteiger partial charge in [-0.2, -0.15) is 0 Å². The molecule has 0 saturated heterocycles. The lowest BCUT2D eigenvalue weighted by Gasteiger charge is -2.05. The van der Waals surface area contributed by atoms with E-state index in [1.54, 1.807) is 7.11 Å². The minimum absolute atomic E-state index is 0.974. The van der Waals surface area contributed by atoms with Crippen molar-refractivity contribution in [2.24, 2.45) is 0 Å². The lowest BCUT2D eigenvalue weighted by atomic mass is 10.1. The summed E-state index contributed by atoms with van der Waals surface area (Å²) >= 11 is 0. The molecule has 0 saturated carbocycles. The van der Waals surface area contributed by atoms with Gasteiger partial charge < -0.3 is 4.74 Å². The fourth-order valence-corrected chi connectivity index (χ4v) is 1.82. The molecule has 0 unspecified atom stereocenters. The third-order valence-electron chi connectivity index (χ3n) is 1.94. The van der Waals surface area contributed by atoms with Crippen LogP contribution in [0.3, 0.4) is 0 Å². The monoisotopic (exact) mass is 166 g/mol. The van der Waals surface area contributed by atoms with Crippen LogP contribution in [-0.2, 0) is 6.42 Å². The molecule has 0 N–H and O–H groups in total. The van der Waals surface area contributed by atoms with Gasteiger partial charge in [-0.25, -0.2) is 0 Å². The van der Waals surface area contributed by atoms with Gasteiger partial charge in [0.05, 0.1) is 7.11 Å². The van der Waals surface area contributed by atoms with Crippen LogP contribution >= 0.6 is 0 Å². The van der Waals surface area contributed by atoms with Crippen LogP contribution in [0.1, 0.15) is 12.5 Å². The first-order valence-electron chi connectivity index (χ1n) is 3.91. The number of ether oxygens (including phenoxy) is 1. The van der Waals surface area contributed by atoms with E-state index < -0.39 is 0 Å². The maximum Gasteiger partial charge on any atom is 0.119 e. The summed E-state index contributed by atoms with van der Waals surface area (Å²) in [6, 6.07) is 6.31. The van der Waals surface area contributed by atoms with E-state index in [9.17, 15) is 0 Å². The molecule has 0 fully saturated rings. The Balaban J connectivity index is 3.02. The van der Waals surface area contributed by atoms with Gasteiger partial charge in [0, 0.05) is 10.2 Å². The molecule has 0 aliphatic heterocycles. The Kier molecular flexibility index (Phi) is 2.71. The zero-order valence-electron chi connectivity index (χ0n) is 7.35. The number of benzene rings is 1. The van der Waals surface area contributed by atoms with Crippen LogP contribution in [0.15, 0.2) is 18.2 Å². The lowest BCUT2D eigenvalue weighted by Crippen LogP contribution is -2.08. The van der Waals surface area contributed by atoms with E-state index in [4.69, 9.17) is 4.74 Å². The van der Waals surface area contributed by atoms with E-state index in [-0.39, 0.29) is 0 Å². The summed E-state index contributed by atoms with van der Waals surface area (Å²) in [5.41, 5.74) is 1.43. The molecule has 0 aromatic heterocycles. The number of rotatable bonds is 2. The molecular formula is C9H14OSi. The van der Waals surface area contributed by atoms with E-state index in [1.165, 1.54) is 10.8 Å². The first kappa shape index (κ1) is 8.33. The molecule has 0 radical (unpaired) electrons. The summed E-state index contributed by atoms with van der Waals surface area (Å²) in [5, 5.41) is 1.48. The molecule has 1 rings (SSSR count). The fourth-order valence-electron chi connectivity index (χ4n) is 1.16. The smallest absolute Gasteiger partial charge is 0.119 e. The van der Waals surface area contributed by atoms with Crippen LogP contribution in [0, 0.1) is 0 Å². The highest BCUT2D eigenvalue weighted by atomic mass is 28.1. The Morgan fingerprint density at radius 2 is 2.18 bits per heavy atom. The molecule has 1 aromatic rings. The normalized spacial score (nSPS) is 10.0. The quantitative estimate of drug-likeness (QED) is 0.572. The zero-order valence-corrected chi connectivity index (χ0v) is 9.35. The molecule has 0 atom stereocenters. The van der Waals surface area contributed by atoms with Crippen molar-refractivity contribution in [3.8, 4) is 5.75 Å². The van der Waals surface area contributed by atoms with Gasteiger partial charge in [0.15, 0.2) is 0 Å². The van der Waals surface area contributed by atoms with Crippen molar-refractivity contribution in [1.82, 2.24) is 0 Å². The van der Waals surface area contributed by atoms with E-state index in [0.717, 1.165) is 22.4 Å². The molecule has 60 valence electrons. The van der Waals surface area contributed by atoms with Gasteiger partial charge in [-0.1, -0.05) is 18.2 Å². The number of aryl methyl sites for hydroxylation is 1. The molecule has 11 heavy (non-hydrogen) atoms. The van der Waals surface area contributed by atoms with Crippen molar-refractivity contribution < 1.29 is 4.74 Å². The van der Waals surface area contributed by atoms with E-state index in [0.29, 0.717) is 0 Å². The largest absolute Gasteiger partial charge is 0.497 e. The van der Waals surface area contributed by atoms with Crippen LogP contribution in [0.4, 0.5) is 0 Å². The van der Waals surface area contributed by atoms with Crippen molar-refractivity contribution in [1.29, 1.82) is 0 Å². The summed E-state index contributed by atoms with van der Waals surface area (Å²) in [4.78, 5) is 0. The van der Waals surface area contributed by atoms with Crippen molar-refractivity contribution in [2.45, 2.75) is 13.3 Å². The molecule has 1 nitrogen and oxygen atoms in total. The summed E-state index contributed by atoms with van der Waals surface area (Å²) in [6.45, 7) is 2.18. The summed E-state index contributed by atoms with van der Waals surface area (Å²) in [5.74, 6) is 0.974. The molecule has 2 heteroatoms. The Morgan fingerprint density at radius 3 is 2.73 bits per heavy atom. The van der Waals surface area contributed by atoms with E-state index in [1.807, 2.05) is 6.07 Å². The van der Waals surface area contributed by atoms with E-state index in [2.05, 4.69) is 19.1 Å². The van der Waals surface area contributed by atoms with Crippen molar-refractivity contribution in [3.05, 3.63) is 23.8 Å². The maximum absolute atomic E-state index is 5.13. The molecular weight excluding hydrogens is 152 g/mol. The van der Waals surface area contributed by atoms with Crippen molar-refractivity contribution in [2.75, 3.05) is 7.11 Å². The SMILES string of the molecule is CCc1cc(OC)ccc1[SiH3]. The van der Waals surface area contributed by atoms with Crippen molar-refractivity contribution in [3.63, 3.8) is 0 Å². The number of hydrogen-bond donors (Lipinski definition) is 0. The highest BCUT2D eigenvalue weighted by Gasteiger charge is 1.96. The van der Waals surface area contributed by atoms with Gasteiger partial charge >= 0.3 is 0 Å². The average Bonchev–Trinajstić information content (AvgIpc) is 2.05. The Labute approximate surface area is 70.8 Å². The van der Waals surface area contributed by atoms with Gasteiger partial charge in [-0.3, -0.25) is 0 Å². The zero-order chi connectivity index (χ0) is 8.27. The average molecular weight is 166 g/mol. The second-order valence-electron chi connectivity index (χ2n) is 2.65. The predicted molar refractivity (Wildman–Crippen MR) is 51.9 cm³/mol. The minimum atomic E-state index is 0.974. The Morgan fingerprint density at radius 1 is 1.45 bits per heavy atom. The third-order valence-corrected chi connectivity index (χ3v) is 2.91. The first-order chi connectivity index (χ1) is 5.27. The highest BCUT2D eigenvalue weighted by Crippen LogP contribution is 2.10. The molecule has 0 spiro atoms. The van der Waals surface area contributed by atoms with Crippen LogP contribution in [0.25, 0.3) is 0 Å². The molecule has 0 heterocycles. The van der Waals surface area contributed by atoms with Gasteiger partial charge in [0.25, 0.3) is 0 Å². The Bertz CT molecular complexity index is 245. The Hall–Kier alpha value is -0.763. The second kappa shape index (κ2) is 3.58. The van der Waals surface area contributed by atoms with Crippen LogP contribution in [0.2, 0.25) is 0 Å². The van der Waals surface area contributed by atoms with Gasteiger partial charge in [0.1, 0.15) is 5.75 Å². The molecule has 0 bridgehead atoms. The third kappa shape index (κ3) is 1.83. The summed E-state index contributed by atoms with van der Waals surface area (Å²) in [6.07, 6.45) is 1.11. The second-order valence-corrected chi connectivity index (χ2v) is 3.72. The summed E-state index contributed by atoms with van der Waals surface area (Å²) in [7, 11) is 2.84. The first-order valence-corrected chi connectivity index (χ1v) is 4.91. The number of hydrogen-bond acceptors (Lipinski definition) is 1. The van der Waals surface area contributed by atoms with E-state index >= 15 is 0 Å². The number of methoxy groups -OCH3 is 1. The predicted octanol–water partition coefficient (Wildman–Crippen LogP) is 0.248. The van der Waals surface area contributed by atoms with Gasteiger partial charge in [0.2, 0.25) is 0 Å². The standard InChI is InChI=1S/C9H14OSi/c1-3-7-6-8(10-2)4-5-9(7)11/h4-6H,3H2,1-2,11H3. The van der Waals surface area contributed by atoms with Crippen LogP contribution in [-0.4, -0.2) is 17.4 Å². The fraction of sp³-hybridized carbons (Fsp3) is 0.333. The molecule has 0 aliphatic carbocycles. The highest BCUT2D eigenvalue weighted by molar-refractivity contribution is 6.33. The molecule has 0 aliphatic rings. The van der Waals surface area contributed by atoms with Gasteiger partial charge in [-0.15, -0.1) is 0 Å². The molecule has 0 amide bonds.